The Hall–Kier alpha value is -3.28. The van der Waals surface area contributed by atoms with Gasteiger partial charge >= 0.3 is 0 Å². The van der Waals surface area contributed by atoms with Crippen molar-refractivity contribution in [3.8, 4) is 0 Å². The zero-order valence-electron chi connectivity index (χ0n) is 17.5. The van der Waals surface area contributed by atoms with E-state index in [1.165, 1.54) is 5.56 Å². The fourth-order valence-electron chi connectivity index (χ4n) is 3.69. The second kappa shape index (κ2) is 9.03. The molecule has 0 spiro atoms. The van der Waals surface area contributed by atoms with Crippen molar-refractivity contribution in [1.29, 1.82) is 0 Å². The van der Waals surface area contributed by atoms with Gasteiger partial charge in [0.15, 0.2) is 0 Å². The number of carbonyl (C=O) groups is 1. The van der Waals surface area contributed by atoms with Crippen LogP contribution in [0.1, 0.15) is 52.9 Å². The summed E-state index contributed by atoms with van der Waals surface area (Å²) in [6.07, 6.45) is 9.04. The van der Waals surface area contributed by atoms with E-state index in [9.17, 15) is 4.79 Å². The van der Waals surface area contributed by atoms with Crippen LogP contribution in [0.2, 0.25) is 0 Å². The van der Waals surface area contributed by atoms with Crippen LogP contribution in [0, 0.1) is 12.8 Å². The average molecular weight is 402 g/mol. The van der Waals surface area contributed by atoms with Crippen molar-refractivity contribution in [2.24, 2.45) is 5.92 Å². The first kappa shape index (κ1) is 20.0. The summed E-state index contributed by atoms with van der Waals surface area (Å²) in [4.78, 5) is 28.3. The molecule has 1 aromatic carbocycles. The van der Waals surface area contributed by atoms with Crippen LogP contribution in [0.3, 0.4) is 0 Å². The average Bonchev–Trinajstić information content (AvgIpc) is 2.79. The normalized spacial score (nSPS) is 15.6. The number of hydrogen-bond donors (Lipinski definition) is 1. The topological polar surface area (TPSA) is 71.0 Å². The summed E-state index contributed by atoms with van der Waals surface area (Å²) < 4.78 is 0. The molecule has 6 nitrogen and oxygen atoms in total. The molecule has 2 aromatic heterocycles. The number of piperidine rings is 1. The molecule has 0 radical (unpaired) electrons. The molecule has 1 aliphatic rings. The largest absolute Gasteiger partial charge is 0.341 e. The van der Waals surface area contributed by atoms with Gasteiger partial charge in [0, 0.05) is 37.9 Å². The van der Waals surface area contributed by atoms with Gasteiger partial charge in [0.25, 0.3) is 5.91 Å². The van der Waals surface area contributed by atoms with Gasteiger partial charge in [-0.15, -0.1) is 0 Å². The molecule has 1 N–H and O–H groups in total. The van der Waals surface area contributed by atoms with Crippen molar-refractivity contribution in [2.75, 3.05) is 18.0 Å². The smallest absolute Gasteiger partial charge is 0.255 e. The van der Waals surface area contributed by atoms with E-state index >= 15 is 0 Å². The Morgan fingerprint density at radius 2 is 1.73 bits per heavy atom. The van der Waals surface area contributed by atoms with E-state index in [2.05, 4.69) is 32.1 Å². The minimum atomic E-state index is -0.296. The molecule has 0 saturated carbocycles. The minimum Gasteiger partial charge on any atom is -0.341 e. The third-order valence-corrected chi connectivity index (χ3v) is 5.67. The van der Waals surface area contributed by atoms with Gasteiger partial charge in [0.05, 0.1) is 11.6 Å². The molecule has 6 heteroatoms. The Balaban J connectivity index is 1.51. The predicted molar refractivity (Wildman–Crippen MR) is 117 cm³/mol. The van der Waals surface area contributed by atoms with Crippen LogP contribution in [0.15, 0.2) is 61.2 Å². The first-order valence-electron chi connectivity index (χ1n) is 10.4. The van der Waals surface area contributed by atoms with E-state index in [0.717, 1.165) is 43.0 Å². The molecule has 0 unspecified atom stereocenters. The summed E-state index contributed by atoms with van der Waals surface area (Å²) in [7, 11) is 0. The highest BCUT2D eigenvalue weighted by Crippen LogP contribution is 2.23. The number of anilines is 1. The van der Waals surface area contributed by atoms with Gasteiger partial charge in [-0.1, -0.05) is 42.8 Å². The number of hydrogen-bond acceptors (Lipinski definition) is 5. The number of nitrogens with one attached hydrogen (secondary N) is 1. The third-order valence-electron chi connectivity index (χ3n) is 5.67. The van der Waals surface area contributed by atoms with Crippen molar-refractivity contribution in [3.63, 3.8) is 0 Å². The highest BCUT2D eigenvalue weighted by molar-refractivity contribution is 5.94. The Morgan fingerprint density at radius 3 is 2.37 bits per heavy atom. The number of nitrogens with zero attached hydrogens (tertiary/aromatic N) is 4. The van der Waals surface area contributed by atoms with Crippen molar-refractivity contribution in [2.45, 2.75) is 32.7 Å². The van der Waals surface area contributed by atoms with E-state index in [0.29, 0.717) is 11.5 Å². The van der Waals surface area contributed by atoms with Crippen molar-refractivity contribution in [1.82, 2.24) is 20.3 Å². The molecule has 3 heterocycles. The van der Waals surface area contributed by atoms with Gasteiger partial charge in [-0.2, -0.15) is 0 Å². The van der Waals surface area contributed by atoms with Crippen LogP contribution in [0.4, 0.5) is 5.95 Å². The summed E-state index contributed by atoms with van der Waals surface area (Å²) in [6.45, 7) is 6.24. The van der Waals surface area contributed by atoms with Gasteiger partial charge in [-0.3, -0.25) is 9.78 Å². The number of carbonyl (C=O) groups excluding carboxylic acids is 1. The SMILES string of the molecule is Cc1ccc([C@H](NC(=O)c2cnc(N3CCC(C)CC3)nc2)c2cccnc2)cc1. The fraction of sp³-hybridized carbons (Fsp3) is 0.333. The highest BCUT2D eigenvalue weighted by atomic mass is 16.1. The van der Waals surface area contributed by atoms with Crippen LogP contribution >= 0.6 is 0 Å². The summed E-state index contributed by atoms with van der Waals surface area (Å²) in [5.74, 6) is 1.24. The van der Waals surface area contributed by atoms with Crippen LogP contribution in [0.5, 0.6) is 0 Å². The van der Waals surface area contributed by atoms with Crippen molar-refractivity contribution in [3.05, 3.63) is 83.4 Å². The lowest BCUT2D eigenvalue weighted by molar-refractivity contribution is 0.0942. The van der Waals surface area contributed by atoms with Crippen LogP contribution in [0.25, 0.3) is 0 Å². The lowest BCUT2D eigenvalue weighted by Crippen LogP contribution is -2.34. The zero-order valence-corrected chi connectivity index (χ0v) is 17.5. The van der Waals surface area contributed by atoms with Crippen LogP contribution < -0.4 is 10.2 Å². The first-order valence-corrected chi connectivity index (χ1v) is 10.4. The lowest BCUT2D eigenvalue weighted by atomic mass is 9.99. The molecule has 154 valence electrons. The van der Waals surface area contributed by atoms with Gasteiger partial charge in [0.1, 0.15) is 0 Å². The van der Waals surface area contributed by atoms with E-state index in [1.807, 2.05) is 43.3 Å². The summed E-state index contributed by atoms with van der Waals surface area (Å²) in [5, 5.41) is 3.12. The Kier molecular flexibility index (Phi) is 6.02. The Labute approximate surface area is 177 Å². The first-order chi connectivity index (χ1) is 14.6. The van der Waals surface area contributed by atoms with E-state index in [-0.39, 0.29) is 11.9 Å². The summed E-state index contributed by atoms with van der Waals surface area (Å²) in [6, 6.07) is 11.7. The molecule has 1 fully saturated rings. The zero-order chi connectivity index (χ0) is 20.9. The monoisotopic (exact) mass is 401 g/mol. The summed E-state index contributed by atoms with van der Waals surface area (Å²) in [5.41, 5.74) is 3.55. The minimum absolute atomic E-state index is 0.205. The fourth-order valence-corrected chi connectivity index (χ4v) is 3.69. The maximum atomic E-state index is 13.0. The van der Waals surface area contributed by atoms with E-state index < -0.39 is 0 Å². The third kappa shape index (κ3) is 4.64. The second-order valence-electron chi connectivity index (χ2n) is 8.04. The molecule has 0 aliphatic carbocycles. The molecule has 0 bridgehead atoms. The highest BCUT2D eigenvalue weighted by Gasteiger charge is 2.21. The molecule has 1 atom stereocenters. The molecular formula is C24H27N5O. The molecule has 1 saturated heterocycles. The number of aryl methyl sites for hydroxylation is 1. The second-order valence-corrected chi connectivity index (χ2v) is 8.04. The Morgan fingerprint density at radius 1 is 1.03 bits per heavy atom. The number of amides is 1. The van der Waals surface area contributed by atoms with Crippen LogP contribution in [-0.4, -0.2) is 33.9 Å². The van der Waals surface area contributed by atoms with Crippen molar-refractivity contribution < 1.29 is 4.79 Å². The van der Waals surface area contributed by atoms with E-state index in [1.54, 1.807) is 24.8 Å². The van der Waals surface area contributed by atoms with Gasteiger partial charge < -0.3 is 10.2 Å². The van der Waals surface area contributed by atoms with E-state index in [4.69, 9.17) is 0 Å². The number of aromatic nitrogens is 3. The maximum absolute atomic E-state index is 13.0. The molecule has 4 rings (SSSR count). The maximum Gasteiger partial charge on any atom is 0.255 e. The molecule has 1 aliphatic heterocycles. The van der Waals surface area contributed by atoms with Gasteiger partial charge in [-0.25, -0.2) is 9.97 Å². The molecule has 1 amide bonds. The van der Waals surface area contributed by atoms with Crippen molar-refractivity contribution >= 4 is 11.9 Å². The van der Waals surface area contributed by atoms with Crippen LogP contribution in [-0.2, 0) is 0 Å². The molecule has 3 aromatic rings. The molecule has 30 heavy (non-hydrogen) atoms. The number of benzene rings is 1. The number of pyridine rings is 1. The Bertz CT molecular complexity index is 965. The van der Waals surface area contributed by atoms with Gasteiger partial charge in [-0.05, 0) is 42.9 Å². The number of rotatable bonds is 5. The quantitative estimate of drug-likeness (QED) is 0.701. The lowest BCUT2D eigenvalue weighted by Gasteiger charge is -2.30. The summed E-state index contributed by atoms with van der Waals surface area (Å²) >= 11 is 0. The van der Waals surface area contributed by atoms with Gasteiger partial charge in [0.2, 0.25) is 5.95 Å². The predicted octanol–water partition coefficient (Wildman–Crippen LogP) is 3.94. The molecular weight excluding hydrogens is 374 g/mol. The standard InChI is InChI=1S/C24H27N5O/c1-17-5-7-19(8-6-17)22(20-4-3-11-25-14-20)28-23(30)21-15-26-24(27-16-21)29-12-9-18(2)10-13-29/h3-8,11,14-16,18,22H,9-10,12-13H2,1-2H3,(H,28,30)/t22-/m0/s1.